The van der Waals surface area contributed by atoms with Gasteiger partial charge in [0.05, 0.1) is 12.3 Å². The average Bonchev–Trinajstić information content (AvgIpc) is 3.15. The molecule has 3 rings (SSSR count). The molecule has 0 radical (unpaired) electrons. The minimum Gasteiger partial charge on any atom is -0.481 e. The van der Waals surface area contributed by atoms with Crippen LogP contribution in [0.25, 0.3) is 0 Å². The third-order valence-electron chi connectivity index (χ3n) is 4.14. The Balaban J connectivity index is 1.69. The molecular weight excluding hydrogens is 356 g/mol. The molecule has 1 fully saturated rings. The Bertz CT molecular complexity index is 766. The van der Waals surface area contributed by atoms with Crippen LogP contribution in [0.3, 0.4) is 0 Å². The smallest absolute Gasteiger partial charge is 0.303 e. The summed E-state index contributed by atoms with van der Waals surface area (Å²) in [6.45, 7) is 1.44. The van der Waals surface area contributed by atoms with E-state index in [4.69, 9.17) is 21.4 Å². The molecule has 1 aliphatic heterocycles. The summed E-state index contributed by atoms with van der Waals surface area (Å²) in [5.74, 6) is 0.109. The van der Waals surface area contributed by atoms with E-state index in [1.54, 1.807) is 0 Å². The Kier molecular flexibility index (Phi) is 6.25. The van der Waals surface area contributed by atoms with Crippen molar-refractivity contribution in [1.82, 2.24) is 9.97 Å². The number of aromatic nitrogens is 2. The number of benzene rings is 1. The summed E-state index contributed by atoms with van der Waals surface area (Å²) in [4.78, 5) is 19.5. The van der Waals surface area contributed by atoms with Crippen LogP contribution in [-0.2, 0) is 16.0 Å². The fourth-order valence-electron chi connectivity index (χ4n) is 2.79. The molecule has 1 aromatic heterocycles. The van der Waals surface area contributed by atoms with Crippen LogP contribution >= 0.6 is 11.6 Å². The minimum atomic E-state index is -0.830. The number of nitrogens with one attached hydrogen (secondary N) is 2. The lowest BCUT2D eigenvalue weighted by molar-refractivity contribution is -0.136. The van der Waals surface area contributed by atoms with Gasteiger partial charge in [-0.15, -0.1) is 0 Å². The van der Waals surface area contributed by atoms with Gasteiger partial charge in [0.25, 0.3) is 0 Å². The van der Waals surface area contributed by atoms with E-state index in [0.29, 0.717) is 29.8 Å². The molecule has 26 heavy (non-hydrogen) atoms. The van der Waals surface area contributed by atoms with Gasteiger partial charge in [-0.25, -0.2) is 4.98 Å². The van der Waals surface area contributed by atoms with Crippen molar-refractivity contribution >= 4 is 35.0 Å². The number of carbonyl (C=O) groups is 1. The van der Waals surface area contributed by atoms with Crippen LogP contribution < -0.4 is 10.6 Å². The Morgan fingerprint density at radius 1 is 1.38 bits per heavy atom. The second kappa shape index (κ2) is 8.82. The number of aliphatic carboxylic acids is 1. The topological polar surface area (TPSA) is 96.4 Å². The van der Waals surface area contributed by atoms with Crippen LogP contribution in [0.4, 0.5) is 17.5 Å². The Hall–Kier alpha value is -2.38. The molecule has 1 unspecified atom stereocenters. The van der Waals surface area contributed by atoms with Gasteiger partial charge in [-0.3, -0.25) is 4.79 Å². The predicted molar refractivity (Wildman–Crippen MR) is 100 cm³/mol. The van der Waals surface area contributed by atoms with E-state index >= 15 is 0 Å². The summed E-state index contributed by atoms with van der Waals surface area (Å²) in [5.41, 5.74) is 1.67. The molecule has 0 spiro atoms. The number of para-hydroxylation sites is 1. The SMILES string of the molecule is O=C(O)CCc1ccccc1Nc1ncc(Cl)c(NCC2CCCO2)n1. The number of carboxylic acids is 1. The van der Waals surface area contributed by atoms with Crippen molar-refractivity contribution in [2.24, 2.45) is 0 Å². The van der Waals surface area contributed by atoms with Crippen molar-refractivity contribution in [3.05, 3.63) is 41.0 Å². The van der Waals surface area contributed by atoms with Crippen molar-refractivity contribution in [3.63, 3.8) is 0 Å². The quantitative estimate of drug-likeness (QED) is 0.648. The molecule has 2 aromatic rings. The van der Waals surface area contributed by atoms with Gasteiger partial charge in [-0.05, 0) is 30.9 Å². The number of carboxylic acid groups (broad SMARTS) is 1. The van der Waals surface area contributed by atoms with E-state index in [2.05, 4.69) is 20.6 Å². The molecule has 1 atom stereocenters. The summed E-state index contributed by atoms with van der Waals surface area (Å²) >= 11 is 6.18. The van der Waals surface area contributed by atoms with Crippen molar-refractivity contribution in [1.29, 1.82) is 0 Å². The highest BCUT2D eigenvalue weighted by atomic mass is 35.5. The molecule has 0 bridgehead atoms. The van der Waals surface area contributed by atoms with Gasteiger partial charge in [0.15, 0.2) is 5.82 Å². The van der Waals surface area contributed by atoms with Gasteiger partial charge in [-0.1, -0.05) is 29.8 Å². The zero-order valence-electron chi connectivity index (χ0n) is 14.2. The molecule has 138 valence electrons. The van der Waals surface area contributed by atoms with Crippen molar-refractivity contribution in [2.45, 2.75) is 31.8 Å². The Labute approximate surface area is 156 Å². The van der Waals surface area contributed by atoms with Crippen LogP contribution in [0.1, 0.15) is 24.8 Å². The second-order valence-corrected chi connectivity index (χ2v) is 6.49. The molecule has 3 N–H and O–H groups in total. The van der Waals surface area contributed by atoms with Gasteiger partial charge in [0.1, 0.15) is 5.02 Å². The molecule has 0 aliphatic carbocycles. The van der Waals surface area contributed by atoms with Crippen LogP contribution in [0.2, 0.25) is 5.02 Å². The van der Waals surface area contributed by atoms with E-state index in [9.17, 15) is 4.79 Å². The van der Waals surface area contributed by atoms with Gasteiger partial charge in [-0.2, -0.15) is 4.98 Å². The molecule has 2 heterocycles. The van der Waals surface area contributed by atoms with Gasteiger partial charge >= 0.3 is 5.97 Å². The van der Waals surface area contributed by atoms with Crippen LogP contribution in [0.15, 0.2) is 30.5 Å². The molecule has 1 saturated heterocycles. The summed E-state index contributed by atoms with van der Waals surface area (Å²) in [7, 11) is 0. The fourth-order valence-corrected chi connectivity index (χ4v) is 2.95. The minimum absolute atomic E-state index is 0.0639. The molecule has 1 aromatic carbocycles. The number of rotatable bonds is 8. The van der Waals surface area contributed by atoms with Crippen LogP contribution in [-0.4, -0.2) is 40.3 Å². The first-order valence-electron chi connectivity index (χ1n) is 8.56. The lowest BCUT2D eigenvalue weighted by Gasteiger charge is -2.14. The number of ether oxygens (including phenoxy) is 1. The molecule has 1 aliphatic rings. The summed E-state index contributed by atoms with van der Waals surface area (Å²) < 4.78 is 5.59. The standard InChI is InChI=1S/C18H21ClN4O3/c19-14-11-21-18(23-17(14)20-10-13-5-3-9-26-13)22-15-6-2-1-4-12(15)7-8-16(24)25/h1-2,4,6,11,13H,3,5,7-10H2,(H,24,25)(H2,20,21,22,23). The third kappa shape index (κ3) is 5.06. The van der Waals surface area contributed by atoms with Gasteiger partial charge in [0.2, 0.25) is 5.95 Å². The van der Waals surface area contributed by atoms with Crippen molar-refractivity contribution in [2.75, 3.05) is 23.8 Å². The van der Waals surface area contributed by atoms with Crippen LogP contribution in [0.5, 0.6) is 0 Å². The maximum absolute atomic E-state index is 10.8. The predicted octanol–water partition coefficient (Wildman–Crippen LogP) is 3.48. The molecule has 7 nitrogen and oxygen atoms in total. The van der Waals surface area contributed by atoms with E-state index in [0.717, 1.165) is 30.7 Å². The van der Waals surface area contributed by atoms with E-state index in [1.165, 1.54) is 6.20 Å². The monoisotopic (exact) mass is 376 g/mol. The number of anilines is 3. The number of aryl methyl sites for hydroxylation is 1. The number of hydrogen-bond acceptors (Lipinski definition) is 6. The lowest BCUT2D eigenvalue weighted by atomic mass is 10.1. The summed E-state index contributed by atoms with van der Waals surface area (Å²) in [5, 5.41) is 15.7. The van der Waals surface area contributed by atoms with E-state index in [-0.39, 0.29) is 12.5 Å². The van der Waals surface area contributed by atoms with Crippen LogP contribution in [0, 0.1) is 0 Å². The zero-order chi connectivity index (χ0) is 18.4. The van der Waals surface area contributed by atoms with Crippen molar-refractivity contribution in [3.8, 4) is 0 Å². The highest BCUT2D eigenvalue weighted by Crippen LogP contribution is 2.24. The number of halogens is 1. The zero-order valence-corrected chi connectivity index (χ0v) is 15.0. The highest BCUT2D eigenvalue weighted by Gasteiger charge is 2.16. The third-order valence-corrected chi connectivity index (χ3v) is 4.41. The summed E-state index contributed by atoms with van der Waals surface area (Å²) in [6, 6.07) is 7.51. The maximum atomic E-state index is 10.8. The number of hydrogen-bond donors (Lipinski definition) is 3. The van der Waals surface area contributed by atoms with Gasteiger partial charge in [0, 0.05) is 25.3 Å². The largest absolute Gasteiger partial charge is 0.481 e. The molecule has 8 heteroatoms. The first-order valence-corrected chi connectivity index (χ1v) is 8.94. The lowest BCUT2D eigenvalue weighted by Crippen LogP contribution is -2.19. The number of nitrogens with zero attached hydrogens (tertiary/aromatic N) is 2. The normalized spacial score (nSPS) is 16.4. The van der Waals surface area contributed by atoms with E-state index in [1.807, 2.05) is 24.3 Å². The molecule has 0 amide bonds. The average molecular weight is 377 g/mol. The van der Waals surface area contributed by atoms with Gasteiger partial charge < -0.3 is 20.5 Å². The fraction of sp³-hybridized carbons (Fsp3) is 0.389. The first kappa shape index (κ1) is 18.4. The highest BCUT2D eigenvalue weighted by molar-refractivity contribution is 6.32. The Morgan fingerprint density at radius 2 is 2.23 bits per heavy atom. The summed E-state index contributed by atoms with van der Waals surface area (Å²) in [6.07, 6.45) is 4.30. The molecular formula is C18H21ClN4O3. The van der Waals surface area contributed by atoms with Crippen molar-refractivity contribution < 1.29 is 14.6 Å². The maximum Gasteiger partial charge on any atom is 0.303 e. The Morgan fingerprint density at radius 3 is 3.00 bits per heavy atom. The second-order valence-electron chi connectivity index (χ2n) is 6.08. The molecule has 0 saturated carbocycles. The first-order chi connectivity index (χ1) is 12.6. The van der Waals surface area contributed by atoms with E-state index < -0.39 is 5.97 Å².